The van der Waals surface area contributed by atoms with E-state index in [1.165, 1.54) is 29.2 Å². The molecule has 1 aliphatic heterocycles. The molecule has 1 aliphatic rings. The molecule has 0 saturated carbocycles. The van der Waals surface area contributed by atoms with Crippen molar-refractivity contribution in [1.29, 1.82) is 0 Å². The molecule has 0 aliphatic carbocycles. The summed E-state index contributed by atoms with van der Waals surface area (Å²) in [5, 5.41) is 45.1. The molecule has 0 spiro atoms. The predicted molar refractivity (Wildman–Crippen MR) is 301 cm³/mol. The summed E-state index contributed by atoms with van der Waals surface area (Å²) in [6.45, 7) is 25.6. The second-order valence-corrected chi connectivity index (χ2v) is 17.3. The minimum absolute atomic E-state index is 0. The minimum Gasteiger partial charge on any atom is -0.696 e. The number of hydrogen-bond acceptors (Lipinski definition) is 17. The summed E-state index contributed by atoms with van der Waals surface area (Å²) in [4.78, 5) is 69.2. The number of amides is 2. The number of unbranched alkanes of at least 4 members (excludes halogenated alkanes) is 2. The van der Waals surface area contributed by atoms with Crippen molar-refractivity contribution in [2.24, 2.45) is 0 Å². The number of aryl methyl sites for hydroxylation is 1. The number of nitrogen functional groups attached to an aromatic ring is 2. The smallest absolute Gasteiger partial charge is 0.333 e. The minimum atomic E-state index is -0.806. The van der Waals surface area contributed by atoms with Crippen LogP contribution in [0.4, 0.5) is 34.1 Å². The second kappa shape index (κ2) is 32.5. The number of non-ortho nitro benzene ring substituents is 2. The van der Waals surface area contributed by atoms with Crippen molar-refractivity contribution < 1.29 is 75.5 Å². The van der Waals surface area contributed by atoms with Crippen LogP contribution in [0.2, 0.25) is 0 Å². The van der Waals surface area contributed by atoms with Crippen LogP contribution in [0.15, 0.2) is 110 Å². The SMILES string of the molecule is C=C(C)C(=O)OCCN(C=O)CCCC.C=Cc1cc(C(=O)N(CCCC)CCOC(=O)C(=C)C)c(O)c(N)c1C=C.Cc1cc2ccccc2c(N)c1OC1Nc2cc([N+](=O)[O-])ccc2O1.[Cr].[NH-]c1cc([N+](=O)[O-])ccc1O. The second-order valence-electron chi connectivity index (χ2n) is 17.3. The Kier molecular flexibility index (Phi) is 27.2. The van der Waals surface area contributed by atoms with E-state index < -0.39 is 34.1 Å². The largest absolute Gasteiger partial charge is 0.696 e. The zero-order valence-electron chi connectivity index (χ0n) is 44.8. The van der Waals surface area contributed by atoms with Crippen molar-refractivity contribution in [2.75, 3.05) is 56.2 Å². The molecule has 0 radical (unpaired) electrons. The summed E-state index contributed by atoms with van der Waals surface area (Å²) >= 11 is 0. The Morgan fingerprint density at radius 2 is 1.41 bits per heavy atom. The Hall–Kier alpha value is -9.07. The van der Waals surface area contributed by atoms with Crippen LogP contribution >= 0.6 is 0 Å². The van der Waals surface area contributed by atoms with Gasteiger partial charge in [-0.3, -0.25) is 29.8 Å². The average molecular weight is 1130 g/mol. The molecule has 1 heterocycles. The molecule has 0 aromatic heterocycles. The zero-order valence-corrected chi connectivity index (χ0v) is 46.1. The van der Waals surface area contributed by atoms with E-state index in [1.807, 2.05) is 44.2 Å². The number of benzene rings is 5. The van der Waals surface area contributed by atoms with E-state index in [0.29, 0.717) is 64.8 Å². The fraction of sp³-hybridized carbons (Fsp3) is 0.286. The number of esters is 2. The monoisotopic (exact) mass is 1130 g/mol. The number of rotatable bonds is 22. The molecule has 8 N–H and O–H groups in total. The van der Waals surface area contributed by atoms with E-state index in [9.17, 15) is 44.5 Å². The molecule has 5 aromatic rings. The first-order valence-electron chi connectivity index (χ1n) is 24.4. The van der Waals surface area contributed by atoms with Gasteiger partial charge in [0.2, 0.25) is 6.41 Å². The van der Waals surface area contributed by atoms with Gasteiger partial charge in [0.25, 0.3) is 17.3 Å². The fourth-order valence-electron chi connectivity index (χ4n) is 7.03. The van der Waals surface area contributed by atoms with Gasteiger partial charge in [-0.15, -0.1) is 0 Å². The molecule has 22 nitrogen and oxygen atoms in total. The van der Waals surface area contributed by atoms with Gasteiger partial charge in [-0.1, -0.05) is 95.1 Å². The van der Waals surface area contributed by atoms with Gasteiger partial charge in [-0.05, 0) is 74.4 Å². The topological polar surface area (TPSA) is 326 Å². The number of fused-ring (bicyclic) bond motifs is 2. The van der Waals surface area contributed by atoms with Crippen LogP contribution in [0.25, 0.3) is 28.7 Å². The zero-order chi connectivity index (χ0) is 58.2. The Morgan fingerprint density at radius 1 is 0.823 bits per heavy atom. The fourth-order valence-corrected chi connectivity index (χ4v) is 7.03. The van der Waals surface area contributed by atoms with Crippen LogP contribution in [0.3, 0.4) is 0 Å². The summed E-state index contributed by atoms with van der Waals surface area (Å²) in [5.41, 5.74) is 22.7. The molecular formula is C56H67CrN8O14-. The summed E-state index contributed by atoms with van der Waals surface area (Å²) in [6, 6.07) is 18.9. The van der Waals surface area contributed by atoms with Gasteiger partial charge < -0.3 is 61.5 Å². The van der Waals surface area contributed by atoms with E-state index >= 15 is 0 Å². The van der Waals surface area contributed by atoms with Gasteiger partial charge in [0.1, 0.15) is 24.7 Å². The normalized spacial score (nSPS) is 11.4. The summed E-state index contributed by atoms with van der Waals surface area (Å²) < 4.78 is 21.5. The quantitative estimate of drug-likeness (QED) is 0.00818. The summed E-state index contributed by atoms with van der Waals surface area (Å²) in [5.74, 6) is -0.828. The van der Waals surface area contributed by atoms with Crippen molar-refractivity contribution in [1.82, 2.24) is 9.80 Å². The van der Waals surface area contributed by atoms with E-state index in [0.717, 1.165) is 66.6 Å². The van der Waals surface area contributed by atoms with E-state index in [1.54, 1.807) is 30.9 Å². The van der Waals surface area contributed by atoms with Crippen molar-refractivity contribution in [3.8, 4) is 23.0 Å². The number of aromatic hydroxyl groups is 2. The number of nitro benzene ring substituents is 2. The predicted octanol–water partition coefficient (Wildman–Crippen LogP) is 10.8. The number of hydrogen-bond donors (Lipinski definition) is 5. The van der Waals surface area contributed by atoms with Crippen LogP contribution in [0, 0.1) is 27.2 Å². The number of nitro groups is 2. The maximum absolute atomic E-state index is 13.0. The molecule has 79 heavy (non-hydrogen) atoms. The molecule has 1 unspecified atom stereocenters. The van der Waals surface area contributed by atoms with E-state index in [2.05, 4.69) is 38.6 Å². The number of nitrogens with one attached hydrogen (secondary N) is 2. The number of nitrogens with two attached hydrogens (primary N) is 2. The van der Waals surface area contributed by atoms with Crippen LogP contribution < -0.4 is 26.3 Å². The molecule has 23 heteroatoms. The van der Waals surface area contributed by atoms with Crippen molar-refractivity contribution in [3.63, 3.8) is 0 Å². The molecule has 5 aromatic carbocycles. The number of anilines is 3. The molecule has 0 saturated heterocycles. The van der Waals surface area contributed by atoms with E-state index in [-0.39, 0.29) is 76.9 Å². The van der Waals surface area contributed by atoms with Crippen LogP contribution in [0.1, 0.15) is 80.4 Å². The molecular weight excluding hydrogens is 1060 g/mol. The Balaban J connectivity index is 0.000000378. The molecule has 0 bridgehead atoms. The number of nitrogens with zero attached hydrogens (tertiary/aromatic N) is 4. The van der Waals surface area contributed by atoms with Gasteiger partial charge >= 0.3 is 18.4 Å². The number of phenolic OH excluding ortho intramolecular Hbond substituents is 2. The summed E-state index contributed by atoms with van der Waals surface area (Å²) in [7, 11) is 0. The summed E-state index contributed by atoms with van der Waals surface area (Å²) in [6.07, 6.45) is 6.69. The first-order chi connectivity index (χ1) is 37.0. The number of carbonyl (C=O) groups excluding carboxylic acids is 4. The Morgan fingerprint density at radius 3 is 1.96 bits per heavy atom. The van der Waals surface area contributed by atoms with E-state index in [4.69, 9.17) is 41.3 Å². The first kappa shape index (κ1) is 66.0. The molecule has 6 rings (SSSR count). The van der Waals surface area contributed by atoms with Crippen LogP contribution in [-0.2, 0) is 41.2 Å². The van der Waals surface area contributed by atoms with Gasteiger partial charge in [-0.25, -0.2) is 9.59 Å². The van der Waals surface area contributed by atoms with Crippen molar-refractivity contribution in [2.45, 2.75) is 66.7 Å². The number of phenols is 2. The van der Waals surface area contributed by atoms with Gasteiger partial charge in [0.05, 0.1) is 45.6 Å². The maximum Gasteiger partial charge on any atom is 0.333 e. The number of ether oxygens (including phenoxy) is 4. The van der Waals surface area contributed by atoms with Crippen molar-refractivity contribution >= 4 is 81.3 Å². The molecule has 1 atom stereocenters. The van der Waals surface area contributed by atoms with Crippen LogP contribution in [0.5, 0.6) is 23.0 Å². The van der Waals surface area contributed by atoms with Gasteiger partial charge in [0.15, 0.2) is 11.5 Å². The van der Waals surface area contributed by atoms with Crippen LogP contribution in [-0.4, -0.2) is 99.9 Å². The Bertz CT molecular complexity index is 3020. The maximum atomic E-state index is 13.0. The molecule has 2 amide bonds. The Labute approximate surface area is 469 Å². The molecule has 422 valence electrons. The number of carbonyl (C=O) groups is 4. The van der Waals surface area contributed by atoms with Crippen molar-refractivity contribution in [3.05, 3.63) is 158 Å². The third-order valence-electron chi connectivity index (χ3n) is 11.3. The standard InChI is InChI=1S/C21H28N2O4.C18H15N3O4.C11H19NO3.C6H5N2O3.Cr/c1-6-9-10-23(11-12-27-21(26)14(4)5)20(25)17-13-15(7-2)16(8-3)18(22)19(17)24;1-10-8-11-4-2-3-5-13(11)16(19)17(10)25-18-20-14-9-12(21(22)23)6-7-15(14)24-18;1-4-5-6-12(9-13)7-8-15-11(14)10(2)3;7-5-3-4(8(10)11)1-2-6(5)9;/h7-8,13,24H,2-4,6,9-12,22H2,1,5H3;2-9,18,20H,19H2,1H3;9H,2,4-8H2,1,3H3;1-3,7,9H;/q;;;-1;. The molecule has 0 fully saturated rings. The first-order valence-corrected chi connectivity index (χ1v) is 24.4. The average Bonchev–Trinajstić information content (AvgIpc) is 3.88. The van der Waals surface area contributed by atoms with Gasteiger partial charge in [-0.2, -0.15) is 0 Å². The third-order valence-corrected chi connectivity index (χ3v) is 11.3. The third kappa shape index (κ3) is 19.5. The van der Waals surface area contributed by atoms with Gasteiger partial charge in [0, 0.05) is 76.8 Å².